The number of hydrogen-bond donors (Lipinski definition) is 1. The minimum atomic E-state index is 0. The van der Waals surface area contributed by atoms with E-state index < -0.39 is 0 Å². The predicted molar refractivity (Wildman–Crippen MR) is 102 cm³/mol. The van der Waals surface area contributed by atoms with Gasteiger partial charge in [0.05, 0.1) is 5.69 Å². The second-order valence-electron chi connectivity index (χ2n) is 4.87. The van der Waals surface area contributed by atoms with Gasteiger partial charge < -0.3 is 9.84 Å². The van der Waals surface area contributed by atoms with Gasteiger partial charge in [-0.1, -0.05) is 26.0 Å². The summed E-state index contributed by atoms with van der Waals surface area (Å²) in [7, 11) is 0.750. The Hall–Kier alpha value is -0.224. The number of carbonyl (C=O) groups excluding carboxylic acids is 1. The summed E-state index contributed by atoms with van der Waals surface area (Å²) in [5, 5.41) is 12.3. The van der Waals surface area contributed by atoms with Crippen LogP contribution in [-0.2, 0) is 9.53 Å². The first-order valence-corrected chi connectivity index (χ1v) is 8.74. The number of nitrogens with zero attached hydrogens (tertiary/aromatic N) is 2. The van der Waals surface area contributed by atoms with Crippen LogP contribution >= 0.6 is 11.8 Å². The number of carbonyl (C=O) groups is 1. The average Bonchev–Trinajstić information content (AvgIpc) is 2.58. The maximum atomic E-state index is 9.33. The molecule has 1 N–H and O–H groups in total. The minimum absolute atomic E-state index is 0. The van der Waals surface area contributed by atoms with Gasteiger partial charge in [-0.25, -0.2) is 4.99 Å². The van der Waals surface area contributed by atoms with Crippen molar-refractivity contribution in [3.63, 3.8) is 0 Å². The number of thioether (sulfide) groups is 1. The molecule has 0 aromatic heterocycles. The van der Waals surface area contributed by atoms with Crippen LogP contribution in [0, 0.1) is 19.8 Å². The summed E-state index contributed by atoms with van der Waals surface area (Å²) in [6, 6.07) is 6.21. The summed E-state index contributed by atoms with van der Waals surface area (Å²) in [5.74, 6) is 0.908. The predicted octanol–water partition coefficient (Wildman–Crippen LogP) is -0.345. The van der Waals surface area contributed by atoms with Gasteiger partial charge in [-0.2, -0.15) is 12.2 Å². The molecule has 0 fully saturated rings. The van der Waals surface area contributed by atoms with Crippen molar-refractivity contribution in [2.75, 3.05) is 19.3 Å². The van der Waals surface area contributed by atoms with E-state index in [-0.39, 0.29) is 51.4 Å². The Labute approximate surface area is 198 Å². The number of hydrogen-bond acceptors (Lipinski definition) is 6. The molecule has 0 spiro atoms. The molecule has 25 heavy (non-hydrogen) atoms. The first kappa shape index (κ1) is 29.5. The van der Waals surface area contributed by atoms with E-state index >= 15 is 0 Å². The van der Waals surface area contributed by atoms with E-state index in [1.54, 1.807) is 6.34 Å². The van der Waals surface area contributed by atoms with E-state index in [0.29, 0.717) is 18.3 Å². The van der Waals surface area contributed by atoms with Gasteiger partial charge in [0.15, 0.2) is 0 Å². The molecule has 0 unspecified atom stereocenters. The summed E-state index contributed by atoms with van der Waals surface area (Å²) in [4.78, 5) is 13.6. The van der Waals surface area contributed by atoms with E-state index in [2.05, 4.69) is 59.2 Å². The molecule has 0 heterocycles. The minimum Gasteiger partial charge on any atom is -0.857 e. The summed E-state index contributed by atoms with van der Waals surface area (Å²) < 4.78 is 4.27. The number of ether oxygens (including phenoxy) is 1. The molecule has 0 radical (unpaired) electrons. The Bertz CT molecular complexity index is 498. The van der Waals surface area contributed by atoms with E-state index in [0.717, 1.165) is 18.4 Å². The molecule has 136 valence electrons. The van der Waals surface area contributed by atoms with Crippen LogP contribution in [0.5, 0.6) is 0 Å². The standard InChI is InChI=1S/C13H19N3.C3H6O2S.CH3O.K/c1-10(2)8-15-16-9-14-13-7-11(3)5-6-12(13)4;1-6-3-5-2-4;1-2;/h5-10H,1-4H3,(H,14,16);2H,3H2,1H3;1H3;/q;;-1;+1/b15-8+;;;. The fourth-order valence-electron chi connectivity index (χ4n) is 1.28. The number of rotatable bonds is 7. The Morgan fingerprint density at radius 3 is 2.44 bits per heavy atom. The zero-order chi connectivity index (χ0) is 18.8. The van der Waals surface area contributed by atoms with Gasteiger partial charge in [-0.05, 0) is 43.2 Å². The van der Waals surface area contributed by atoms with Crippen LogP contribution in [0.25, 0.3) is 0 Å². The number of nitrogens with one attached hydrogen (secondary N) is 1. The molecule has 0 saturated carbocycles. The number of aliphatic imine (C=N–C) groups is 1. The van der Waals surface area contributed by atoms with Crippen molar-refractivity contribution in [3.8, 4) is 0 Å². The molecule has 6 nitrogen and oxygen atoms in total. The molecule has 8 heteroatoms. The Morgan fingerprint density at radius 2 is 1.96 bits per heavy atom. The van der Waals surface area contributed by atoms with Crippen molar-refractivity contribution in [1.82, 2.24) is 5.43 Å². The maximum absolute atomic E-state index is 9.33. The summed E-state index contributed by atoms with van der Waals surface area (Å²) in [5.41, 5.74) is 6.14. The van der Waals surface area contributed by atoms with Gasteiger partial charge in [0, 0.05) is 6.21 Å². The third-order valence-electron chi connectivity index (χ3n) is 2.33. The first-order chi connectivity index (χ1) is 11.5. The Kier molecular flexibility index (Phi) is 25.8. The monoisotopic (exact) mass is 393 g/mol. The zero-order valence-electron chi connectivity index (χ0n) is 16.3. The summed E-state index contributed by atoms with van der Waals surface area (Å²) in [6.07, 6.45) is 5.32. The number of hydrazone groups is 1. The molecule has 0 saturated heterocycles. The van der Waals surface area contributed by atoms with Crippen LogP contribution in [0.3, 0.4) is 0 Å². The third kappa shape index (κ3) is 19.9. The van der Waals surface area contributed by atoms with E-state index in [1.807, 2.05) is 19.4 Å². The number of aryl methyl sites for hydroxylation is 2. The smallest absolute Gasteiger partial charge is 0.857 e. The van der Waals surface area contributed by atoms with Crippen molar-refractivity contribution in [2.45, 2.75) is 27.7 Å². The summed E-state index contributed by atoms with van der Waals surface area (Å²) in [6.45, 7) is 8.70. The molecule has 0 aliphatic rings. The molecule has 0 aliphatic heterocycles. The van der Waals surface area contributed by atoms with Crippen LogP contribution < -0.4 is 61.9 Å². The van der Waals surface area contributed by atoms with Crippen molar-refractivity contribution < 1.29 is 66.0 Å². The van der Waals surface area contributed by atoms with Crippen molar-refractivity contribution in [3.05, 3.63) is 29.3 Å². The normalized spacial score (nSPS) is 9.60. The molecular formula is C17H28KN3O3S. The fourth-order valence-corrected chi connectivity index (χ4v) is 1.47. The zero-order valence-corrected chi connectivity index (χ0v) is 20.2. The van der Waals surface area contributed by atoms with Crippen molar-refractivity contribution >= 4 is 36.5 Å². The molecule has 1 aromatic carbocycles. The Balaban J connectivity index is -0.000000459. The second kappa shape index (κ2) is 21.8. The largest absolute Gasteiger partial charge is 1.00 e. The van der Waals surface area contributed by atoms with Gasteiger partial charge in [0.2, 0.25) is 0 Å². The fraction of sp³-hybridized carbons (Fsp3) is 0.471. The van der Waals surface area contributed by atoms with Crippen LogP contribution in [0.1, 0.15) is 25.0 Å². The molecule has 0 aliphatic carbocycles. The first-order valence-electron chi connectivity index (χ1n) is 7.34. The van der Waals surface area contributed by atoms with E-state index in [9.17, 15) is 4.79 Å². The van der Waals surface area contributed by atoms with Crippen LogP contribution in [0.15, 0.2) is 28.3 Å². The van der Waals surface area contributed by atoms with E-state index in [1.165, 1.54) is 17.3 Å². The van der Waals surface area contributed by atoms with Crippen LogP contribution in [0.4, 0.5) is 5.69 Å². The quantitative estimate of drug-likeness (QED) is 0.130. The third-order valence-corrected chi connectivity index (χ3v) is 2.70. The molecule has 0 bridgehead atoms. The van der Waals surface area contributed by atoms with Crippen molar-refractivity contribution in [1.29, 1.82) is 0 Å². The SMILES string of the molecule is CSCOC=O.C[O-].Cc1ccc(C)c(N=CN/N=C/C(C)C)c1.[K+]. The molecule has 1 rings (SSSR count). The molecule has 0 atom stereocenters. The topological polar surface area (TPSA) is 86.1 Å². The van der Waals surface area contributed by atoms with Crippen molar-refractivity contribution in [2.24, 2.45) is 16.0 Å². The maximum Gasteiger partial charge on any atom is 1.00 e. The average molecular weight is 394 g/mol. The van der Waals surface area contributed by atoms with Gasteiger partial charge in [-0.3, -0.25) is 10.2 Å². The van der Waals surface area contributed by atoms with Gasteiger partial charge in [0.25, 0.3) is 6.47 Å². The summed E-state index contributed by atoms with van der Waals surface area (Å²) >= 11 is 1.47. The Morgan fingerprint density at radius 1 is 1.32 bits per heavy atom. The van der Waals surface area contributed by atoms with Gasteiger partial charge >= 0.3 is 51.4 Å². The molecule has 0 amide bonds. The second-order valence-corrected chi connectivity index (χ2v) is 5.68. The molecule has 1 aromatic rings. The van der Waals surface area contributed by atoms with E-state index in [4.69, 9.17) is 5.11 Å². The van der Waals surface area contributed by atoms with Crippen LogP contribution in [-0.4, -0.2) is 38.3 Å². The van der Waals surface area contributed by atoms with Gasteiger partial charge in [-0.15, -0.1) is 11.8 Å². The van der Waals surface area contributed by atoms with Gasteiger partial charge in [0.1, 0.15) is 12.3 Å². The van der Waals surface area contributed by atoms with Crippen LogP contribution in [0.2, 0.25) is 0 Å². The number of benzene rings is 1. The molecular weight excluding hydrogens is 365 g/mol.